The van der Waals surface area contributed by atoms with E-state index in [9.17, 15) is 4.79 Å². The fraction of sp³-hybridized carbons (Fsp3) is 0.345. The molecule has 0 spiro atoms. The van der Waals surface area contributed by atoms with Crippen LogP contribution in [-0.2, 0) is 7.05 Å². The molecule has 1 aliphatic rings. The molecule has 2 aromatic heterocycles. The van der Waals surface area contributed by atoms with Gasteiger partial charge in [-0.3, -0.25) is 9.78 Å². The second-order valence-electron chi connectivity index (χ2n) is 9.54. The highest BCUT2D eigenvalue weighted by atomic mass is 16.5. The molecule has 0 radical (unpaired) electrons. The number of aryl methyl sites for hydroxylation is 1. The lowest BCUT2D eigenvalue weighted by Crippen LogP contribution is -2.24. The smallest absolute Gasteiger partial charge is 0.208 e. The summed E-state index contributed by atoms with van der Waals surface area (Å²) in [5.41, 5.74) is 3.03. The summed E-state index contributed by atoms with van der Waals surface area (Å²) in [4.78, 5) is 24.2. The van der Waals surface area contributed by atoms with Gasteiger partial charge in [0.15, 0.2) is 5.78 Å². The highest BCUT2D eigenvalue weighted by molar-refractivity contribution is 5.94. The quantitative estimate of drug-likeness (QED) is 0.270. The summed E-state index contributed by atoms with van der Waals surface area (Å²) in [6, 6.07) is 17.6. The number of hydrogen-bond donors (Lipinski definition) is 1. The fourth-order valence-electron chi connectivity index (χ4n) is 4.96. The first-order valence-corrected chi connectivity index (χ1v) is 12.8. The monoisotopic (exact) mass is 499 g/mol. The minimum Gasteiger partial charge on any atom is -0.495 e. The number of hydrogen-bond acceptors (Lipinski definition) is 7. The van der Waals surface area contributed by atoms with Crippen molar-refractivity contribution in [3.05, 3.63) is 66.5 Å². The predicted molar refractivity (Wildman–Crippen MR) is 145 cm³/mol. The number of nitrogens with one attached hydrogen (secondary N) is 1. The molecule has 1 N–H and O–H groups in total. The van der Waals surface area contributed by atoms with Crippen molar-refractivity contribution in [2.75, 3.05) is 26.0 Å². The van der Waals surface area contributed by atoms with Crippen LogP contribution in [0, 0.1) is 0 Å². The Bertz CT molecular complexity index is 1400. The van der Waals surface area contributed by atoms with Crippen molar-refractivity contribution in [3.63, 3.8) is 0 Å². The molecule has 0 bridgehead atoms. The zero-order chi connectivity index (χ0) is 25.8. The molecule has 8 nitrogen and oxygen atoms in total. The summed E-state index contributed by atoms with van der Waals surface area (Å²) in [7, 11) is 5.77. The lowest BCUT2D eigenvalue weighted by molar-refractivity contribution is 0.0971. The minimum absolute atomic E-state index is 0.0540. The number of methoxy groups -OCH3 is 1. The molecule has 0 saturated carbocycles. The molecule has 4 aromatic rings. The number of aromatic nitrogens is 3. The van der Waals surface area contributed by atoms with Crippen molar-refractivity contribution in [3.8, 4) is 17.2 Å². The normalized spacial score (nSPS) is 15.7. The first-order chi connectivity index (χ1) is 18.0. The summed E-state index contributed by atoms with van der Waals surface area (Å²) < 4.78 is 13.5. The summed E-state index contributed by atoms with van der Waals surface area (Å²) in [6.45, 7) is 1.16. The lowest BCUT2D eigenvalue weighted by atomic mass is 10.0. The first-order valence-electron chi connectivity index (χ1n) is 12.8. The molecular weight excluding hydrogens is 466 g/mol. The SMILES string of the molecule is COc1ccccc1Nc1nc2cc(Oc3ccnc(C(=O)CCCC4CCCN4C)c3)ccc2n1C. The molecule has 8 heteroatoms. The van der Waals surface area contributed by atoms with E-state index in [1.807, 2.05) is 54.1 Å². The Hall–Kier alpha value is -3.91. The third-order valence-corrected chi connectivity index (χ3v) is 7.07. The van der Waals surface area contributed by atoms with Gasteiger partial charge in [-0.15, -0.1) is 0 Å². The van der Waals surface area contributed by atoms with Crippen molar-refractivity contribution in [1.29, 1.82) is 0 Å². The molecule has 192 valence electrons. The lowest BCUT2D eigenvalue weighted by Gasteiger charge is -2.18. The van der Waals surface area contributed by atoms with Crippen LogP contribution in [0.25, 0.3) is 11.0 Å². The number of benzene rings is 2. The van der Waals surface area contributed by atoms with E-state index in [1.54, 1.807) is 25.4 Å². The fourth-order valence-corrected chi connectivity index (χ4v) is 4.96. The number of ether oxygens (including phenoxy) is 2. The number of rotatable bonds is 10. The van der Waals surface area contributed by atoms with Gasteiger partial charge in [0.25, 0.3) is 0 Å². The van der Waals surface area contributed by atoms with Crippen molar-refractivity contribution in [1.82, 2.24) is 19.4 Å². The number of nitrogens with zero attached hydrogens (tertiary/aromatic N) is 4. The molecule has 1 aliphatic heterocycles. The second-order valence-corrected chi connectivity index (χ2v) is 9.54. The van der Waals surface area contributed by atoms with Gasteiger partial charge in [-0.25, -0.2) is 4.98 Å². The number of carbonyl (C=O) groups excluding carboxylic acids is 1. The third kappa shape index (κ3) is 5.59. The Kier molecular flexibility index (Phi) is 7.37. The van der Waals surface area contributed by atoms with E-state index in [0.29, 0.717) is 35.6 Å². The van der Waals surface area contributed by atoms with Gasteiger partial charge < -0.3 is 24.3 Å². The van der Waals surface area contributed by atoms with Crippen LogP contribution in [0.1, 0.15) is 42.6 Å². The van der Waals surface area contributed by atoms with E-state index in [0.717, 1.165) is 41.9 Å². The molecule has 1 fully saturated rings. The molecule has 1 saturated heterocycles. The topological polar surface area (TPSA) is 81.5 Å². The van der Waals surface area contributed by atoms with Crippen molar-refractivity contribution < 1.29 is 14.3 Å². The van der Waals surface area contributed by atoms with Gasteiger partial charge in [0.1, 0.15) is 22.9 Å². The van der Waals surface area contributed by atoms with Crippen molar-refractivity contribution in [2.45, 2.75) is 38.1 Å². The van der Waals surface area contributed by atoms with Crippen LogP contribution < -0.4 is 14.8 Å². The Morgan fingerprint density at radius 2 is 1.95 bits per heavy atom. The average molecular weight is 500 g/mol. The van der Waals surface area contributed by atoms with Crippen LogP contribution in [0.5, 0.6) is 17.2 Å². The van der Waals surface area contributed by atoms with E-state index >= 15 is 0 Å². The van der Waals surface area contributed by atoms with Gasteiger partial charge in [-0.2, -0.15) is 0 Å². The van der Waals surface area contributed by atoms with E-state index in [-0.39, 0.29) is 5.78 Å². The second kappa shape index (κ2) is 11.0. The van der Waals surface area contributed by atoms with Crippen LogP contribution in [0.4, 0.5) is 11.6 Å². The first kappa shape index (κ1) is 24.8. The maximum absolute atomic E-state index is 12.8. The molecule has 2 aromatic carbocycles. The highest BCUT2D eigenvalue weighted by Crippen LogP contribution is 2.31. The minimum atomic E-state index is 0.0540. The van der Waals surface area contributed by atoms with Gasteiger partial charge in [0, 0.05) is 37.8 Å². The Balaban J connectivity index is 1.26. The van der Waals surface area contributed by atoms with Crippen molar-refractivity contribution >= 4 is 28.5 Å². The molecule has 5 rings (SSSR count). The molecule has 37 heavy (non-hydrogen) atoms. The zero-order valence-electron chi connectivity index (χ0n) is 21.6. The number of imidazole rings is 1. The molecule has 0 amide bonds. The van der Waals surface area contributed by atoms with Crippen molar-refractivity contribution in [2.24, 2.45) is 7.05 Å². The molecule has 3 heterocycles. The molecule has 0 aliphatic carbocycles. The van der Waals surface area contributed by atoms with Crippen LogP contribution in [-0.4, -0.2) is 52.0 Å². The molecule has 1 unspecified atom stereocenters. The summed E-state index contributed by atoms with van der Waals surface area (Å²) in [5.74, 6) is 2.71. The summed E-state index contributed by atoms with van der Waals surface area (Å²) in [6.07, 6.45) is 6.54. The maximum atomic E-state index is 12.8. The van der Waals surface area contributed by atoms with Crippen LogP contribution in [0.2, 0.25) is 0 Å². The van der Waals surface area contributed by atoms with Crippen LogP contribution >= 0.6 is 0 Å². The number of carbonyl (C=O) groups is 1. The Morgan fingerprint density at radius 1 is 1.11 bits per heavy atom. The van der Waals surface area contributed by atoms with Gasteiger partial charge >= 0.3 is 0 Å². The van der Waals surface area contributed by atoms with Gasteiger partial charge in [0.05, 0.1) is 23.8 Å². The van der Waals surface area contributed by atoms with E-state index < -0.39 is 0 Å². The highest BCUT2D eigenvalue weighted by Gasteiger charge is 2.21. The van der Waals surface area contributed by atoms with Gasteiger partial charge in [-0.05, 0) is 69.6 Å². The number of fused-ring (bicyclic) bond motifs is 1. The molecule has 1 atom stereocenters. The van der Waals surface area contributed by atoms with Gasteiger partial charge in [0.2, 0.25) is 5.95 Å². The third-order valence-electron chi connectivity index (χ3n) is 7.07. The Morgan fingerprint density at radius 3 is 2.76 bits per heavy atom. The summed E-state index contributed by atoms with van der Waals surface area (Å²) in [5, 5.41) is 3.34. The number of ketones is 1. The largest absolute Gasteiger partial charge is 0.495 e. The molecular formula is C29H33N5O3. The van der Waals surface area contributed by atoms with E-state index in [1.165, 1.54) is 12.8 Å². The number of Topliss-reactive ketones (excluding diaryl/α,β-unsaturated/α-hetero) is 1. The average Bonchev–Trinajstić information content (AvgIpc) is 3.46. The number of likely N-dealkylation sites (tertiary alicyclic amines) is 1. The van der Waals surface area contributed by atoms with Crippen LogP contribution in [0.15, 0.2) is 60.8 Å². The number of anilines is 2. The summed E-state index contributed by atoms with van der Waals surface area (Å²) >= 11 is 0. The van der Waals surface area contributed by atoms with Gasteiger partial charge in [-0.1, -0.05) is 12.1 Å². The number of para-hydroxylation sites is 2. The predicted octanol–water partition coefficient (Wildman–Crippen LogP) is 5.96. The standard InChI is InChI=1S/C29H33N5O3/c1-33-17-7-9-20(33)8-6-11-27(35)25-19-22(15-16-30-25)37-21-13-14-26-24(18-21)32-29(34(26)2)31-23-10-4-5-12-28(23)36-3/h4-5,10,12-16,18-20H,6-9,11,17H2,1-3H3,(H,31,32). The Labute approximate surface area is 217 Å². The van der Waals surface area contributed by atoms with E-state index in [4.69, 9.17) is 14.5 Å². The maximum Gasteiger partial charge on any atom is 0.208 e. The van der Waals surface area contributed by atoms with Crippen LogP contribution in [0.3, 0.4) is 0 Å². The van der Waals surface area contributed by atoms with E-state index in [2.05, 4.69) is 22.2 Å². The zero-order valence-corrected chi connectivity index (χ0v) is 21.6. The number of pyridine rings is 1.